The summed E-state index contributed by atoms with van der Waals surface area (Å²) >= 11 is 0. The van der Waals surface area contributed by atoms with Gasteiger partial charge >= 0.3 is 6.09 Å². The zero-order valence-corrected chi connectivity index (χ0v) is 13.2. The second-order valence-corrected chi connectivity index (χ2v) is 5.30. The molecule has 1 aromatic carbocycles. The summed E-state index contributed by atoms with van der Waals surface area (Å²) in [5.41, 5.74) is 0.458. The number of anilines is 1. The van der Waals surface area contributed by atoms with Gasteiger partial charge in [0.1, 0.15) is 5.75 Å². The van der Waals surface area contributed by atoms with Crippen LogP contribution in [0.4, 0.5) is 10.5 Å². The van der Waals surface area contributed by atoms with Crippen molar-refractivity contribution in [1.29, 1.82) is 0 Å². The molecule has 0 radical (unpaired) electrons. The monoisotopic (exact) mass is 333 g/mol. The standard InChI is InChI=1S/C16H19N3O5/c1-3-14(21)17-10-4-5-13(20)12(8-10)15(22)19-7-6-11(9-19)18-16(23)24-2/h3-5,8,11,20H,1,6-7,9H2,2H3,(H,17,21)(H,18,23)/t11-/m0/s1. The fourth-order valence-corrected chi connectivity index (χ4v) is 2.44. The highest BCUT2D eigenvalue weighted by Gasteiger charge is 2.29. The van der Waals surface area contributed by atoms with Gasteiger partial charge in [-0.1, -0.05) is 6.58 Å². The van der Waals surface area contributed by atoms with Crippen molar-refractivity contribution in [1.82, 2.24) is 10.2 Å². The molecule has 0 aromatic heterocycles. The fourth-order valence-electron chi connectivity index (χ4n) is 2.44. The van der Waals surface area contributed by atoms with Gasteiger partial charge in [0.15, 0.2) is 0 Å². The van der Waals surface area contributed by atoms with Crippen LogP contribution in [0.25, 0.3) is 0 Å². The maximum absolute atomic E-state index is 12.6. The number of hydrogen-bond donors (Lipinski definition) is 3. The van der Waals surface area contributed by atoms with Gasteiger partial charge in [-0.05, 0) is 30.7 Å². The Morgan fingerprint density at radius 2 is 2.17 bits per heavy atom. The summed E-state index contributed by atoms with van der Waals surface area (Å²) in [4.78, 5) is 36.6. The third kappa shape index (κ3) is 4.03. The summed E-state index contributed by atoms with van der Waals surface area (Å²) in [6, 6.07) is 4.03. The van der Waals surface area contributed by atoms with Crippen LogP contribution >= 0.6 is 0 Å². The molecule has 0 unspecified atom stereocenters. The topological polar surface area (TPSA) is 108 Å². The Kier molecular flexibility index (Phi) is 5.41. The Morgan fingerprint density at radius 3 is 2.83 bits per heavy atom. The number of carbonyl (C=O) groups is 3. The van der Waals surface area contributed by atoms with Crippen LogP contribution in [0.5, 0.6) is 5.75 Å². The van der Waals surface area contributed by atoms with Gasteiger partial charge in [-0.2, -0.15) is 0 Å². The van der Waals surface area contributed by atoms with Gasteiger partial charge in [-0.25, -0.2) is 4.79 Å². The summed E-state index contributed by atoms with van der Waals surface area (Å²) in [5.74, 6) is -0.972. The molecular weight excluding hydrogens is 314 g/mol. The smallest absolute Gasteiger partial charge is 0.407 e. The first kappa shape index (κ1) is 17.3. The lowest BCUT2D eigenvalue weighted by Gasteiger charge is -2.18. The third-order valence-electron chi connectivity index (χ3n) is 3.66. The van der Waals surface area contributed by atoms with E-state index >= 15 is 0 Å². The van der Waals surface area contributed by atoms with Gasteiger partial charge in [-0.15, -0.1) is 0 Å². The quantitative estimate of drug-likeness (QED) is 0.564. The van der Waals surface area contributed by atoms with Crippen LogP contribution < -0.4 is 10.6 Å². The van der Waals surface area contributed by atoms with E-state index in [2.05, 4.69) is 21.9 Å². The van der Waals surface area contributed by atoms with Crippen molar-refractivity contribution < 1.29 is 24.2 Å². The van der Waals surface area contributed by atoms with Crippen LogP contribution in [-0.2, 0) is 9.53 Å². The number of likely N-dealkylation sites (tertiary alicyclic amines) is 1. The van der Waals surface area contributed by atoms with Crippen molar-refractivity contribution in [2.45, 2.75) is 12.5 Å². The molecule has 0 bridgehead atoms. The van der Waals surface area contributed by atoms with Crippen molar-refractivity contribution in [2.75, 3.05) is 25.5 Å². The molecule has 0 saturated carbocycles. The highest BCUT2D eigenvalue weighted by molar-refractivity contribution is 6.02. The van der Waals surface area contributed by atoms with E-state index in [0.29, 0.717) is 25.2 Å². The van der Waals surface area contributed by atoms with E-state index in [-0.39, 0.29) is 23.3 Å². The van der Waals surface area contributed by atoms with E-state index in [1.165, 1.54) is 30.2 Å². The van der Waals surface area contributed by atoms with Crippen molar-refractivity contribution in [2.24, 2.45) is 0 Å². The lowest BCUT2D eigenvalue weighted by molar-refractivity contribution is -0.111. The van der Waals surface area contributed by atoms with Crippen LogP contribution in [0.2, 0.25) is 0 Å². The molecule has 0 spiro atoms. The second-order valence-electron chi connectivity index (χ2n) is 5.30. The molecule has 1 aromatic rings. The molecule has 1 aliphatic rings. The van der Waals surface area contributed by atoms with E-state index in [1.807, 2.05) is 0 Å². The van der Waals surface area contributed by atoms with Gasteiger partial charge in [0, 0.05) is 18.8 Å². The molecule has 8 heteroatoms. The molecular formula is C16H19N3O5. The molecule has 1 saturated heterocycles. The number of carbonyl (C=O) groups excluding carboxylic acids is 3. The Morgan fingerprint density at radius 1 is 1.42 bits per heavy atom. The average Bonchev–Trinajstić information content (AvgIpc) is 3.04. The second kappa shape index (κ2) is 7.49. The number of phenols is 1. The van der Waals surface area contributed by atoms with Gasteiger partial charge in [0.25, 0.3) is 5.91 Å². The molecule has 128 valence electrons. The number of hydrogen-bond acceptors (Lipinski definition) is 5. The number of ether oxygens (including phenoxy) is 1. The fraction of sp³-hybridized carbons (Fsp3) is 0.312. The zero-order chi connectivity index (χ0) is 17.7. The highest BCUT2D eigenvalue weighted by Crippen LogP contribution is 2.24. The minimum atomic E-state index is -0.550. The van der Waals surface area contributed by atoms with Crippen molar-refractivity contribution in [3.63, 3.8) is 0 Å². The van der Waals surface area contributed by atoms with E-state index in [9.17, 15) is 19.5 Å². The number of aromatic hydroxyl groups is 1. The SMILES string of the molecule is C=CC(=O)Nc1ccc(O)c(C(=O)N2CC[C@H](NC(=O)OC)C2)c1. The van der Waals surface area contributed by atoms with Crippen LogP contribution in [0.15, 0.2) is 30.9 Å². The molecule has 3 amide bonds. The molecule has 0 aliphatic carbocycles. The number of alkyl carbamates (subject to hydrolysis) is 1. The molecule has 3 N–H and O–H groups in total. The molecule has 2 rings (SSSR count). The summed E-state index contributed by atoms with van der Waals surface area (Å²) in [7, 11) is 1.27. The van der Waals surface area contributed by atoms with Crippen LogP contribution in [-0.4, -0.2) is 54.2 Å². The van der Waals surface area contributed by atoms with Crippen LogP contribution in [0, 0.1) is 0 Å². The lowest BCUT2D eigenvalue weighted by Crippen LogP contribution is -2.38. The lowest BCUT2D eigenvalue weighted by atomic mass is 10.1. The number of benzene rings is 1. The van der Waals surface area contributed by atoms with E-state index < -0.39 is 12.0 Å². The largest absolute Gasteiger partial charge is 0.507 e. The molecule has 8 nitrogen and oxygen atoms in total. The van der Waals surface area contributed by atoms with Gasteiger partial charge < -0.3 is 25.4 Å². The summed E-state index contributed by atoms with van der Waals surface area (Å²) < 4.78 is 4.53. The summed E-state index contributed by atoms with van der Waals surface area (Å²) in [5, 5.41) is 15.1. The Labute approximate surface area is 139 Å². The Bertz CT molecular complexity index is 674. The number of phenolic OH excluding ortho intramolecular Hbond substituents is 1. The third-order valence-corrected chi connectivity index (χ3v) is 3.66. The van der Waals surface area contributed by atoms with E-state index in [4.69, 9.17) is 0 Å². The number of methoxy groups -OCH3 is 1. The summed E-state index contributed by atoms with van der Waals surface area (Å²) in [6.07, 6.45) is 1.15. The number of amides is 3. The normalized spacial score (nSPS) is 16.4. The van der Waals surface area contributed by atoms with E-state index in [1.54, 1.807) is 0 Å². The minimum absolute atomic E-state index is 0.0792. The first-order valence-corrected chi connectivity index (χ1v) is 7.34. The summed E-state index contributed by atoms with van der Waals surface area (Å²) in [6.45, 7) is 4.11. The number of rotatable bonds is 4. The molecule has 1 heterocycles. The first-order chi connectivity index (χ1) is 11.4. The van der Waals surface area contributed by atoms with Crippen LogP contribution in [0.3, 0.4) is 0 Å². The Hall–Kier alpha value is -3.03. The predicted molar refractivity (Wildman–Crippen MR) is 86.8 cm³/mol. The van der Waals surface area contributed by atoms with Crippen molar-refractivity contribution >= 4 is 23.6 Å². The molecule has 1 atom stereocenters. The Balaban J connectivity index is 2.09. The van der Waals surface area contributed by atoms with E-state index in [0.717, 1.165) is 6.08 Å². The average molecular weight is 333 g/mol. The minimum Gasteiger partial charge on any atom is -0.507 e. The molecule has 1 fully saturated rings. The van der Waals surface area contributed by atoms with Crippen molar-refractivity contribution in [3.8, 4) is 5.75 Å². The molecule has 24 heavy (non-hydrogen) atoms. The van der Waals surface area contributed by atoms with Crippen molar-refractivity contribution in [3.05, 3.63) is 36.4 Å². The number of nitrogens with zero attached hydrogens (tertiary/aromatic N) is 1. The van der Waals surface area contributed by atoms with Crippen LogP contribution in [0.1, 0.15) is 16.8 Å². The maximum Gasteiger partial charge on any atom is 0.407 e. The van der Waals surface area contributed by atoms with Gasteiger partial charge in [0.05, 0.1) is 18.7 Å². The predicted octanol–water partition coefficient (Wildman–Crippen LogP) is 1.09. The number of nitrogens with one attached hydrogen (secondary N) is 2. The molecule has 1 aliphatic heterocycles. The van der Waals surface area contributed by atoms with Gasteiger partial charge in [0.2, 0.25) is 5.91 Å². The maximum atomic E-state index is 12.6. The first-order valence-electron chi connectivity index (χ1n) is 7.34. The zero-order valence-electron chi connectivity index (χ0n) is 13.2. The van der Waals surface area contributed by atoms with Gasteiger partial charge in [-0.3, -0.25) is 9.59 Å². The highest BCUT2D eigenvalue weighted by atomic mass is 16.5.